The van der Waals surface area contributed by atoms with E-state index >= 15 is 0 Å². The molecule has 0 aliphatic carbocycles. The van der Waals surface area contributed by atoms with Gasteiger partial charge in [-0.15, -0.1) is 10.2 Å². The van der Waals surface area contributed by atoms with E-state index in [9.17, 15) is 0 Å². The molecule has 0 spiro atoms. The summed E-state index contributed by atoms with van der Waals surface area (Å²) in [5, 5.41) is 12.9. The Labute approximate surface area is 105 Å². The van der Waals surface area contributed by atoms with Gasteiger partial charge in [0.15, 0.2) is 11.6 Å². The molecular weight excluding hydrogens is 228 g/mol. The molecule has 0 amide bonds. The lowest BCUT2D eigenvalue weighted by molar-refractivity contribution is 0.244. The van der Waals surface area contributed by atoms with Crippen molar-refractivity contribution in [3.63, 3.8) is 0 Å². The van der Waals surface area contributed by atoms with Gasteiger partial charge in [0.05, 0.1) is 18.7 Å². The van der Waals surface area contributed by atoms with Gasteiger partial charge in [-0.3, -0.25) is 0 Å². The molecule has 0 N–H and O–H groups in total. The van der Waals surface area contributed by atoms with Crippen LogP contribution in [0.3, 0.4) is 0 Å². The smallest absolute Gasteiger partial charge is 0.185 e. The Morgan fingerprint density at radius 2 is 2.22 bits per heavy atom. The van der Waals surface area contributed by atoms with Crippen molar-refractivity contribution in [2.75, 3.05) is 13.7 Å². The summed E-state index contributed by atoms with van der Waals surface area (Å²) in [4.78, 5) is 0. The van der Waals surface area contributed by atoms with E-state index in [1.165, 1.54) is 5.56 Å². The van der Waals surface area contributed by atoms with Crippen molar-refractivity contribution in [3.05, 3.63) is 35.7 Å². The molecule has 0 saturated carbocycles. The largest absolute Gasteiger partial charge is 0.379 e. The third kappa shape index (κ3) is 1.82. The van der Waals surface area contributed by atoms with E-state index in [-0.39, 0.29) is 0 Å². The average molecular weight is 242 g/mol. The third-order valence-corrected chi connectivity index (χ3v) is 2.90. The summed E-state index contributed by atoms with van der Waals surface area (Å²) in [6, 6.07) is 8.18. The van der Waals surface area contributed by atoms with Crippen molar-refractivity contribution in [2.24, 2.45) is 5.10 Å². The quantitative estimate of drug-likeness (QED) is 0.822. The Morgan fingerprint density at radius 1 is 1.33 bits per heavy atom. The van der Waals surface area contributed by atoms with Gasteiger partial charge < -0.3 is 4.74 Å². The lowest BCUT2D eigenvalue weighted by atomic mass is 10.1. The average Bonchev–Trinajstić information content (AvgIpc) is 2.88. The SMILES string of the molecule is COCC1=Nn2c(nnc2-c2cccc(C)c2)C1. The van der Waals surface area contributed by atoms with Crippen molar-refractivity contribution in [1.29, 1.82) is 0 Å². The van der Waals surface area contributed by atoms with E-state index < -0.39 is 0 Å². The minimum Gasteiger partial charge on any atom is -0.379 e. The summed E-state index contributed by atoms with van der Waals surface area (Å²) in [6.07, 6.45) is 0.715. The maximum atomic E-state index is 5.10. The lowest BCUT2D eigenvalue weighted by Gasteiger charge is -2.01. The van der Waals surface area contributed by atoms with E-state index in [1.54, 1.807) is 7.11 Å². The van der Waals surface area contributed by atoms with Gasteiger partial charge in [0.1, 0.15) is 0 Å². The number of methoxy groups -OCH3 is 1. The second-order valence-corrected chi connectivity index (χ2v) is 4.40. The molecule has 0 bridgehead atoms. The normalized spacial score (nSPS) is 13.6. The zero-order chi connectivity index (χ0) is 12.5. The lowest BCUT2D eigenvalue weighted by Crippen LogP contribution is -2.06. The summed E-state index contributed by atoms with van der Waals surface area (Å²) < 4.78 is 6.91. The molecule has 18 heavy (non-hydrogen) atoms. The zero-order valence-electron chi connectivity index (χ0n) is 10.4. The van der Waals surface area contributed by atoms with E-state index in [0.29, 0.717) is 13.0 Å². The maximum absolute atomic E-state index is 5.10. The predicted octanol–water partition coefficient (Wildman–Crippen LogP) is 1.66. The highest BCUT2D eigenvalue weighted by molar-refractivity contribution is 5.89. The second-order valence-electron chi connectivity index (χ2n) is 4.40. The molecule has 3 rings (SSSR count). The summed E-state index contributed by atoms with van der Waals surface area (Å²) in [6.45, 7) is 2.60. The number of hydrogen-bond donors (Lipinski definition) is 0. The molecule has 1 aliphatic rings. The van der Waals surface area contributed by atoms with Gasteiger partial charge in [-0.05, 0) is 13.0 Å². The molecule has 2 heterocycles. The molecule has 0 atom stereocenters. The number of rotatable bonds is 3. The predicted molar refractivity (Wildman–Crippen MR) is 68.6 cm³/mol. The number of ether oxygens (including phenoxy) is 1. The summed E-state index contributed by atoms with van der Waals surface area (Å²) in [7, 11) is 1.67. The fourth-order valence-corrected chi connectivity index (χ4v) is 2.10. The summed E-state index contributed by atoms with van der Waals surface area (Å²) in [5.41, 5.74) is 3.22. The fourth-order valence-electron chi connectivity index (χ4n) is 2.10. The maximum Gasteiger partial charge on any atom is 0.185 e. The molecule has 5 heteroatoms. The molecule has 0 radical (unpaired) electrons. The van der Waals surface area contributed by atoms with Crippen LogP contribution in [-0.2, 0) is 11.2 Å². The Balaban J connectivity index is 2.01. The Bertz CT molecular complexity index is 615. The first kappa shape index (κ1) is 11.1. The van der Waals surface area contributed by atoms with Crippen LogP contribution in [0.2, 0.25) is 0 Å². The highest BCUT2D eigenvalue weighted by atomic mass is 16.5. The van der Waals surface area contributed by atoms with Crippen LogP contribution in [0, 0.1) is 6.92 Å². The van der Waals surface area contributed by atoms with E-state index in [4.69, 9.17) is 4.74 Å². The van der Waals surface area contributed by atoms with Gasteiger partial charge in [0.2, 0.25) is 0 Å². The molecule has 0 fully saturated rings. The Morgan fingerprint density at radius 3 is 3.00 bits per heavy atom. The van der Waals surface area contributed by atoms with Crippen LogP contribution in [-0.4, -0.2) is 34.3 Å². The van der Waals surface area contributed by atoms with Gasteiger partial charge in [-0.1, -0.05) is 23.8 Å². The number of benzene rings is 1. The van der Waals surface area contributed by atoms with Gasteiger partial charge in [0, 0.05) is 12.7 Å². The summed E-state index contributed by atoms with van der Waals surface area (Å²) in [5.74, 6) is 1.67. The van der Waals surface area contributed by atoms with Crippen molar-refractivity contribution >= 4 is 5.71 Å². The van der Waals surface area contributed by atoms with Crippen LogP contribution in [0.1, 0.15) is 11.4 Å². The Hall–Kier alpha value is -2.01. The monoisotopic (exact) mass is 242 g/mol. The first-order chi connectivity index (χ1) is 8.78. The highest BCUT2D eigenvalue weighted by Crippen LogP contribution is 2.22. The molecule has 1 aromatic carbocycles. The van der Waals surface area contributed by atoms with Gasteiger partial charge in [0.25, 0.3) is 0 Å². The van der Waals surface area contributed by atoms with Crippen LogP contribution in [0.4, 0.5) is 0 Å². The van der Waals surface area contributed by atoms with Crippen molar-refractivity contribution in [1.82, 2.24) is 14.9 Å². The van der Waals surface area contributed by atoms with E-state index in [0.717, 1.165) is 22.9 Å². The van der Waals surface area contributed by atoms with Crippen LogP contribution < -0.4 is 0 Å². The molecule has 1 aliphatic heterocycles. The van der Waals surface area contributed by atoms with Crippen molar-refractivity contribution in [3.8, 4) is 11.4 Å². The third-order valence-electron chi connectivity index (χ3n) is 2.90. The number of nitrogens with zero attached hydrogens (tertiary/aromatic N) is 4. The first-order valence-corrected chi connectivity index (χ1v) is 5.85. The number of hydrogen-bond acceptors (Lipinski definition) is 4. The second kappa shape index (κ2) is 4.34. The van der Waals surface area contributed by atoms with Crippen LogP contribution in [0.15, 0.2) is 29.4 Å². The number of aryl methyl sites for hydroxylation is 1. The van der Waals surface area contributed by atoms with Crippen LogP contribution in [0.5, 0.6) is 0 Å². The van der Waals surface area contributed by atoms with Gasteiger partial charge in [-0.25, -0.2) is 0 Å². The van der Waals surface area contributed by atoms with Crippen LogP contribution >= 0.6 is 0 Å². The van der Waals surface area contributed by atoms with Gasteiger partial charge in [-0.2, -0.15) is 9.78 Å². The standard InChI is InChI=1S/C13H14N4O/c1-9-4-3-5-10(6-9)13-15-14-12-7-11(8-18-2)16-17(12)13/h3-6H,7-8H2,1-2H3. The molecule has 1 aromatic heterocycles. The Kier molecular flexibility index (Phi) is 2.68. The topological polar surface area (TPSA) is 52.3 Å². The van der Waals surface area contributed by atoms with E-state index in [1.807, 2.05) is 16.8 Å². The molecular formula is C13H14N4O. The molecule has 2 aromatic rings. The van der Waals surface area contributed by atoms with Crippen molar-refractivity contribution in [2.45, 2.75) is 13.3 Å². The molecule has 92 valence electrons. The highest BCUT2D eigenvalue weighted by Gasteiger charge is 2.21. The van der Waals surface area contributed by atoms with Crippen molar-refractivity contribution < 1.29 is 4.74 Å². The number of aromatic nitrogens is 3. The van der Waals surface area contributed by atoms with Gasteiger partial charge >= 0.3 is 0 Å². The minimum absolute atomic E-state index is 0.538. The minimum atomic E-state index is 0.538. The summed E-state index contributed by atoms with van der Waals surface area (Å²) >= 11 is 0. The molecule has 5 nitrogen and oxygen atoms in total. The first-order valence-electron chi connectivity index (χ1n) is 5.85. The molecule has 0 saturated heterocycles. The number of fused-ring (bicyclic) bond motifs is 1. The molecule has 0 unspecified atom stereocenters. The van der Waals surface area contributed by atoms with Crippen LogP contribution in [0.25, 0.3) is 11.4 Å². The van der Waals surface area contributed by atoms with E-state index in [2.05, 4.69) is 34.4 Å². The zero-order valence-corrected chi connectivity index (χ0v) is 10.4. The fraction of sp³-hybridized carbons (Fsp3) is 0.308.